The van der Waals surface area contributed by atoms with E-state index >= 15 is 0 Å². The summed E-state index contributed by atoms with van der Waals surface area (Å²) in [6.07, 6.45) is -2.56. The predicted octanol–water partition coefficient (Wildman–Crippen LogP) is 3.88. The van der Waals surface area contributed by atoms with E-state index in [0.717, 1.165) is 6.20 Å². The second-order valence-electron chi connectivity index (χ2n) is 7.03. The van der Waals surface area contributed by atoms with E-state index in [2.05, 4.69) is 4.98 Å². The molecule has 0 bridgehead atoms. The number of benzene rings is 2. The molecule has 1 amide bonds. The van der Waals surface area contributed by atoms with Crippen LogP contribution >= 0.6 is 0 Å². The molecule has 2 heterocycles. The molecule has 3 aromatic rings. The van der Waals surface area contributed by atoms with Crippen LogP contribution in [0, 0.1) is 0 Å². The molecule has 0 radical (unpaired) electrons. The lowest BCUT2D eigenvalue weighted by Gasteiger charge is -2.22. The van der Waals surface area contributed by atoms with Gasteiger partial charge in [0.1, 0.15) is 6.04 Å². The highest BCUT2D eigenvalue weighted by Gasteiger charge is 2.44. The number of amides is 1. The Labute approximate surface area is 170 Å². The van der Waals surface area contributed by atoms with Crippen LogP contribution < -0.4 is 9.62 Å². The number of para-hydroxylation sites is 1. The predicted molar refractivity (Wildman–Crippen MR) is 105 cm³/mol. The molecule has 1 atom stereocenters. The van der Waals surface area contributed by atoms with Crippen LogP contribution in [-0.2, 0) is 14.8 Å². The van der Waals surface area contributed by atoms with Crippen molar-refractivity contribution in [3.05, 3.63) is 60.3 Å². The van der Waals surface area contributed by atoms with Gasteiger partial charge in [-0.25, -0.2) is 8.42 Å². The Morgan fingerprint density at radius 2 is 1.77 bits per heavy atom. The SMILES string of the molecule is O=C1CCCN1c1ccc(S(=O)(=O)NC(c2c[nH]c3ccccc23)C(F)(F)F)cc1. The van der Waals surface area contributed by atoms with Gasteiger partial charge in [0, 0.05) is 41.3 Å². The Bertz CT molecular complexity index is 1190. The fourth-order valence-electron chi connectivity index (χ4n) is 3.59. The van der Waals surface area contributed by atoms with Gasteiger partial charge in [0.15, 0.2) is 0 Å². The van der Waals surface area contributed by atoms with Crippen molar-refractivity contribution in [3.8, 4) is 0 Å². The highest BCUT2D eigenvalue weighted by molar-refractivity contribution is 7.89. The number of H-pyrrole nitrogens is 1. The Hall–Kier alpha value is -2.85. The Morgan fingerprint density at radius 1 is 1.07 bits per heavy atom. The topological polar surface area (TPSA) is 82.3 Å². The van der Waals surface area contributed by atoms with Crippen LogP contribution in [0.2, 0.25) is 0 Å². The molecule has 0 saturated carbocycles. The average molecular weight is 437 g/mol. The summed E-state index contributed by atoms with van der Waals surface area (Å²) in [4.78, 5) is 15.8. The van der Waals surface area contributed by atoms with Gasteiger partial charge in [-0.1, -0.05) is 18.2 Å². The lowest BCUT2D eigenvalue weighted by atomic mass is 10.1. The van der Waals surface area contributed by atoms with Crippen LogP contribution in [0.3, 0.4) is 0 Å². The standard InChI is InChI=1S/C20H18F3N3O3S/c21-20(22,23)19(16-12-24-17-5-2-1-4-15(16)17)25-30(28,29)14-9-7-13(8-10-14)26-11-3-6-18(26)27/h1-2,4-5,7-10,12,19,24-25H,3,6,11H2. The summed E-state index contributed by atoms with van der Waals surface area (Å²) in [5, 5.41) is 0.283. The summed E-state index contributed by atoms with van der Waals surface area (Å²) in [7, 11) is -4.48. The number of hydrogen-bond donors (Lipinski definition) is 2. The second kappa shape index (κ2) is 7.44. The van der Waals surface area contributed by atoms with Gasteiger partial charge >= 0.3 is 6.18 Å². The lowest BCUT2D eigenvalue weighted by molar-refractivity contribution is -0.152. The zero-order chi connectivity index (χ0) is 21.5. The van der Waals surface area contributed by atoms with Crippen molar-refractivity contribution in [1.82, 2.24) is 9.71 Å². The zero-order valence-electron chi connectivity index (χ0n) is 15.6. The molecule has 1 unspecified atom stereocenters. The molecular weight excluding hydrogens is 419 g/mol. The van der Waals surface area contributed by atoms with E-state index in [4.69, 9.17) is 0 Å². The van der Waals surface area contributed by atoms with E-state index in [-0.39, 0.29) is 21.8 Å². The van der Waals surface area contributed by atoms with Crippen LogP contribution in [0.4, 0.5) is 18.9 Å². The summed E-state index contributed by atoms with van der Waals surface area (Å²) in [5.41, 5.74) is 0.780. The van der Waals surface area contributed by atoms with E-state index in [9.17, 15) is 26.4 Å². The summed E-state index contributed by atoms with van der Waals surface area (Å²) < 4.78 is 68.6. The third-order valence-corrected chi connectivity index (χ3v) is 6.50. The molecule has 2 N–H and O–H groups in total. The van der Waals surface area contributed by atoms with Gasteiger partial charge in [-0.3, -0.25) is 4.79 Å². The minimum atomic E-state index is -4.85. The van der Waals surface area contributed by atoms with Gasteiger partial charge in [0.05, 0.1) is 4.90 Å². The molecule has 10 heteroatoms. The minimum Gasteiger partial charge on any atom is -0.361 e. The van der Waals surface area contributed by atoms with E-state index in [1.807, 2.05) is 0 Å². The van der Waals surface area contributed by atoms with Crippen molar-refractivity contribution in [2.45, 2.75) is 30.0 Å². The van der Waals surface area contributed by atoms with Gasteiger partial charge in [-0.15, -0.1) is 0 Å². The molecule has 1 saturated heterocycles. The molecular formula is C20H18F3N3O3S. The fourth-order valence-corrected chi connectivity index (χ4v) is 4.79. The number of aromatic amines is 1. The first-order valence-corrected chi connectivity index (χ1v) is 10.7. The molecule has 4 rings (SSSR count). The van der Waals surface area contributed by atoms with Gasteiger partial charge in [0.2, 0.25) is 15.9 Å². The quantitative estimate of drug-likeness (QED) is 0.636. The van der Waals surface area contributed by atoms with Crippen molar-refractivity contribution < 1.29 is 26.4 Å². The van der Waals surface area contributed by atoms with Crippen LogP contribution in [0.25, 0.3) is 10.9 Å². The first-order valence-electron chi connectivity index (χ1n) is 9.22. The first-order chi connectivity index (χ1) is 14.2. The number of anilines is 1. The molecule has 6 nitrogen and oxygen atoms in total. The Balaban J connectivity index is 1.65. The number of halogens is 3. The van der Waals surface area contributed by atoms with E-state index in [1.54, 1.807) is 22.9 Å². The summed E-state index contributed by atoms with van der Waals surface area (Å²) >= 11 is 0. The second-order valence-corrected chi connectivity index (χ2v) is 8.74. The maximum atomic E-state index is 13.8. The number of nitrogens with zero attached hydrogens (tertiary/aromatic N) is 1. The summed E-state index contributed by atoms with van der Waals surface area (Å²) in [5.74, 6) is -0.0693. The molecule has 1 fully saturated rings. The van der Waals surface area contributed by atoms with E-state index in [0.29, 0.717) is 30.6 Å². The number of hydrogen-bond acceptors (Lipinski definition) is 3. The molecule has 1 aromatic heterocycles. The van der Waals surface area contributed by atoms with E-state index < -0.39 is 22.2 Å². The summed E-state index contributed by atoms with van der Waals surface area (Å²) in [6, 6.07) is 9.19. The van der Waals surface area contributed by atoms with Gasteiger partial charge in [-0.2, -0.15) is 17.9 Å². The monoisotopic (exact) mass is 437 g/mol. The smallest absolute Gasteiger partial charge is 0.361 e. The molecule has 1 aliphatic heterocycles. The van der Waals surface area contributed by atoms with Gasteiger partial charge in [0.25, 0.3) is 0 Å². The van der Waals surface area contributed by atoms with Crippen molar-refractivity contribution in [3.63, 3.8) is 0 Å². The zero-order valence-corrected chi connectivity index (χ0v) is 16.4. The van der Waals surface area contributed by atoms with Crippen LogP contribution in [0.1, 0.15) is 24.4 Å². The summed E-state index contributed by atoms with van der Waals surface area (Å²) in [6.45, 7) is 0.528. The Morgan fingerprint density at radius 3 is 2.40 bits per heavy atom. The molecule has 30 heavy (non-hydrogen) atoms. The molecule has 2 aromatic carbocycles. The minimum absolute atomic E-state index is 0.0693. The van der Waals surface area contributed by atoms with Gasteiger partial charge in [-0.05, 0) is 36.8 Å². The third-order valence-electron chi connectivity index (χ3n) is 5.06. The first kappa shape index (κ1) is 20.4. The van der Waals surface area contributed by atoms with Crippen molar-refractivity contribution in [2.24, 2.45) is 0 Å². The molecule has 158 valence electrons. The number of rotatable bonds is 5. The normalized spacial score (nSPS) is 16.4. The van der Waals surface area contributed by atoms with Crippen molar-refractivity contribution in [1.29, 1.82) is 0 Å². The highest BCUT2D eigenvalue weighted by atomic mass is 32.2. The highest BCUT2D eigenvalue weighted by Crippen LogP contribution is 2.37. The Kier molecular flexibility index (Phi) is 5.07. The number of carbonyl (C=O) groups is 1. The van der Waals surface area contributed by atoms with Crippen LogP contribution in [0.15, 0.2) is 59.6 Å². The van der Waals surface area contributed by atoms with Crippen LogP contribution in [0.5, 0.6) is 0 Å². The number of nitrogens with one attached hydrogen (secondary N) is 2. The van der Waals surface area contributed by atoms with Crippen LogP contribution in [-0.4, -0.2) is 32.0 Å². The van der Waals surface area contributed by atoms with Gasteiger partial charge < -0.3 is 9.88 Å². The van der Waals surface area contributed by atoms with Crippen molar-refractivity contribution >= 4 is 32.5 Å². The maximum absolute atomic E-state index is 13.8. The number of fused-ring (bicyclic) bond motifs is 1. The number of sulfonamides is 1. The molecule has 0 aliphatic carbocycles. The number of carbonyl (C=O) groups excluding carboxylic acids is 1. The third kappa shape index (κ3) is 3.80. The average Bonchev–Trinajstić information content (AvgIpc) is 3.31. The number of aromatic nitrogens is 1. The van der Waals surface area contributed by atoms with E-state index in [1.165, 1.54) is 35.2 Å². The maximum Gasteiger partial charge on any atom is 0.408 e. The molecule has 0 spiro atoms. The molecule has 1 aliphatic rings. The largest absolute Gasteiger partial charge is 0.408 e. The van der Waals surface area contributed by atoms with Crippen molar-refractivity contribution in [2.75, 3.05) is 11.4 Å². The lowest BCUT2D eigenvalue weighted by Crippen LogP contribution is -2.38. The number of alkyl halides is 3. The fraction of sp³-hybridized carbons (Fsp3) is 0.250.